The fourth-order valence-electron chi connectivity index (χ4n) is 9.97. The Kier molecular flexibility index (Phi) is 13.0. The standard InChI is InChI=1S/C52H50O16S7/c1-23(29-7-11-31(12-8-29)74(53,54)55)25(3)33-21-65-41-43(67-33)51(45-37-35(27(5)69-45)59-15-17-61-37)72-49(41)47-39-40(64-20-19-63-39)48(71-47)50-42-44(52(73-50)46-38-36(28(6)70-46)60-16-18-62-38)68-34(22-66-42)26(4)24(2)30-9-13-32(14-10-30)75(56,57)58/h7-14,23-26,33-34H,15-22H2,1-6H3,(H,53,54,55)(H,56,57,58). The van der Waals surface area contributed by atoms with E-state index in [9.17, 15) is 25.9 Å². The van der Waals surface area contributed by atoms with Gasteiger partial charge in [-0.1, -0.05) is 52.0 Å². The Morgan fingerprint density at radius 3 is 0.987 bits per heavy atom. The molecule has 0 spiro atoms. The Labute approximate surface area is 453 Å². The number of ether oxygens (including phenoxy) is 10. The van der Waals surface area contributed by atoms with Gasteiger partial charge in [0.1, 0.15) is 65.1 Å². The van der Waals surface area contributed by atoms with Crippen LogP contribution in [0.15, 0.2) is 58.3 Å². The Bertz CT molecular complexity index is 3350. The average Bonchev–Trinajstić information content (AvgIpc) is 4.28. The Morgan fingerprint density at radius 2 is 0.667 bits per heavy atom. The smallest absolute Gasteiger partial charge is 0.294 e. The van der Waals surface area contributed by atoms with E-state index in [1.165, 1.54) is 58.3 Å². The van der Waals surface area contributed by atoms with Gasteiger partial charge in [-0.2, -0.15) is 16.8 Å². The average molecular weight is 1160 g/mol. The van der Waals surface area contributed by atoms with Gasteiger partial charge in [0.25, 0.3) is 20.2 Å². The highest BCUT2D eigenvalue weighted by Gasteiger charge is 2.43. The molecule has 23 heteroatoms. The second-order valence-electron chi connectivity index (χ2n) is 19.0. The number of rotatable bonds is 12. The molecule has 6 unspecified atom stereocenters. The number of thiophene rings is 5. The lowest BCUT2D eigenvalue weighted by molar-refractivity contribution is 0.0479. The molecule has 2 aromatic carbocycles. The molecule has 5 aromatic heterocycles. The van der Waals surface area contributed by atoms with E-state index in [1.54, 1.807) is 46.9 Å². The molecule has 0 aliphatic carbocycles. The summed E-state index contributed by atoms with van der Waals surface area (Å²) >= 11 is 7.69. The number of aryl methyl sites for hydroxylation is 2. The summed E-state index contributed by atoms with van der Waals surface area (Å²) < 4.78 is 133. The predicted octanol–water partition coefficient (Wildman–Crippen LogP) is 12.2. The molecule has 10 heterocycles. The first-order valence-electron chi connectivity index (χ1n) is 24.2. The lowest BCUT2D eigenvalue weighted by Gasteiger charge is -2.33. The molecule has 12 rings (SSSR count). The molecule has 6 atom stereocenters. The van der Waals surface area contributed by atoms with Gasteiger partial charge in [0.2, 0.25) is 0 Å². The zero-order valence-corrected chi connectivity index (χ0v) is 46.9. The van der Waals surface area contributed by atoms with E-state index in [4.69, 9.17) is 47.4 Å². The van der Waals surface area contributed by atoms with Crippen LogP contribution >= 0.6 is 56.7 Å². The summed E-state index contributed by atoms with van der Waals surface area (Å²) in [6, 6.07) is 12.5. The first-order valence-corrected chi connectivity index (χ1v) is 31.2. The van der Waals surface area contributed by atoms with Crippen LogP contribution < -0.4 is 47.4 Å². The van der Waals surface area contributed by atoms with Crippen LogP contribution in [0.1, 0.15) is 60.4 Å². The highest BCUT2D eigenvalue weighted by Crippen LogP contribution is 2.67. The van der Waals surface area contributed by atoms with Crippen LogP contribution in [0, 0.1) is 25.7 Å². The number of benzene rings is 2. The van der Waals surface area contributed by atoms with E-state index >= 15 is 0 Å². The van der Waals surface area contributed by atoms with Crippen LogP contribution in [0.25, 0.3) is 39.0 Å². The van der Waals surface area contributed by atoms with Crippen LogP contribution in [-0.4, -0.2) is 91.0 Å². The van der Waals surface area contributed by atoms with Gasteiger partial charge in [0.05, 0.1) is 48.8 Å². The van der Waals surface area contributed by atoms with Crippen molar-refractivity contribution in [1.29, 1.82) is 0 Å². The van der Waals surface area contributed by atoms with Crippen molar-refractivity contribution in [3.8, 4) is 96.5 Å². The van der Waals surface area contributed by atoms with Crippen LogP contribution in [-0.2, 0) is 20.2 Å². The maximum Gasteiger partial charge on any atom is 0.294 e. The normalized spacial score (nSPS) is 19.3. The zero-order chi connectivity index (χ0) is 52.2. The first-order chi connectivity index (χ1) is 35.9. The monoisotopic (exact) mass is 1150 g/mol. The molecule has 5 aliphatic rings. The summed E-state index contributed by atoms with van der Waals surface area (Å²) in [6.07, 6.45) is -0.823. The van der Waals surface area contributed by atoms with Crippen molar-refractivity contribution in [2.24, 2.45) is 11.8 Å². The van der Waals surface area contributed by atoms with E-state index in [-0.39, 0.29) is 46.7 Å². The Morgan fingerprint density at radius 1 is 0.400 bits per heavy atom. The molecule has 0 bridgehead atoms. The Balaban J connectivity index is 0.952. The maximum atomic E-state index is 11.8. The third kappa shape index (κ3) is 8.88. The van der Waals surface area contributed by atoms with Crippen LogP contribution in [0.4, 0.5) is 0 Å². The lowest BCUT2D eigenvalue weighted by atomic mass is 9.85. The van der Waals surface area contributed by atoms with Crippen molar-refractivity contribution in [1.82, 2.24) is 0 Å². The molecule has 75 heavy (non-hydrogen) atoms. The van der Waals surface area contributed by atoms with E-state index < -0.39 is 32.4 Å². The van der Waals surface area contributed by atoms with Crippen molar-refractivity contribution in [2.75, 3.05) is 52.9 Å². The zero-order valence-electron chi connectivity index (χ0n) is 41.2. The molecular weight excluding hydrogens is 1110 g/mol. The highest BCUT2D eigenvalue weighted by molar-refractivity contribution is 7.86. The molecule has 0 amide bonds. The quantitative estimate of drug-likeness (QED) is 0.109. The second-order valence-corrected chi connectivity index (χ2v) is 27.3. The summed E-state index contributed by atoms with van der Waals surface area (Å²) in [5, 5.41) is 0. The second kappa shape index (κ2) is 19.3. The summed E-state index contributed by atoms with van der Waals surface area (Å²) in [5.41, 5.74) is 1.77. The molecular formula is C52H50O16S7. The molecule has 0 saturated heterocycles. The van der Waals surface area contributed by atoms with Gasteiger partial charge in [-0.3, -0.25) is 9.11 Å². The third-order valence-corrected chi connectivity index (χ3v) is 22.5. The molecule has 396 valence electrons. The van der Waals surface area contributed by atoms with Crippen LogP contribution in [0.2, 0.25) is 0 Å². The molecule has 16 nitrogen and oxygen atoms in total. The van der Waals surface area contributed by atoms with Gasteiger partial charge in [0, 0.05) is 21.6 Å². The first kappa shape index (κ1) is 50.6. The topological polar surface area (TPSA) is 201 Å². The van der Waals surface area contributed by atoms with Gasteiger partial charge in [0.15, 0.2) is 57.5 Å². The third-order valence-electron chi connectivity index (χ3n) is 14.5. The number of hydrogen-bond donors (Lipinski definition) is 2. The Hall–Kier alpha value is -5.24. The molecule has 2 N–H and O–H groups in total. The lowest BCUT2D eigenvalue weighted by Crippen LogP contribution is -2.37. The van der Waals surface area contributed by atoms with Gasteiger partial charge in [-0.05, 0) is 61.1 Å². The fourth-order valence-corrected chi connectivity index (χ4v) is 17.1. The van der Waals surface area contributed by atoms with Crippen molar-refractivity contribution < 1.29 is 73.3 Å². The number of hydrogen-bond acceptors (Lipinski definition) is 19. The molecule has 5 aliphatic heterocycles. The SMILES string of the molecule is Cc1sc(-c2sc(-c3sc(-c4sc(-c5sc(C)c6c5OCCO6)c5c4OCC(C(C)C(C)c4ccc(S(=O)(=O)O)cc4)O5)c4c3OCCO4)c3c2OC(C(C)C(C)c2ccc(S(=O)(=O)O)cc2)CO3)c2c1OCCO2. The van der Waals surface area contributed by atoms with Crippen LogP contribution in [0.3, 0.4) is 0 Å². The highest BCUT2D eigenvalue weighted by atomic mass is 32.2. The van der Waals surface area contributed by atoms with E-state index in [1.807, 2.05) is 13.8 Å². The van der Waals surface area contributed by atoms with E-state index in [0.717, 1.165) is 59.9 Å². The van der Waals surface area contributed by atoms with Crippen molar-refractivity contribution >= 4 is 76.9 Å². The van der Waals surface area contributed by atoms with Gasteiger partial charge >= 0.3 is 0 Å². The van der Waals surface area contributed by atoms with Gasteiger partial charge in [-0.15, -0.1) is 56.7 Å². The minimum Gasteiger partial charge on any atom is -0.485 e. The minimum atomic E-state index is -4.35. The van der Waals surface area contributed by atoms with Crippen molar-refractivity contribution in [3.05, 3.63) is 69.4 Å². The predicted molar refractivity (Wildman–Crippen MR) is 288 cm³/mol. The largest absolute Gasteiger partial charge is 0.485 e. The molecule has 0 radical (unpaired) electrons. The van der Waals surface area contributed by atoms with Gasteiger partial charge < -0.3 is 47.4 Å². The number of fused-ring (bicyclic) bond motifs is 5. The molecule has 0 fully saturated rings. The van der Waals surface area contributed by atoms with E-state index in [2.05, 4.69) is 27.7 Å². The molecule has 7 aromatic rings. The van der Waals surface area contributed by atoms with Gasteiger partial charge in [-0.25, -0.2) is 0 Å². The fraction of sp³-hybridized carbons (Fsp3) is 0.385. The molecule has 0 saturated carbocycles. The minimum absolute atomic E-state index is 0.0895. The van der Waals surface area contributed by atoms with Crippen molar-refractivity contribution in [3.63, 3.8) is 0 Å². The maximum absolute atomic E-state index is 11.8. The summed E-state index contributed by atoms with van der Waals surface area (Å²) in [4.78, 5) is 8.12. The summed E-state index contributed by atoms with van der Waals surface area (Å²) in [5.74, 6) is 5.76. The summed E-state index contributed by atoms with van der Waals surface area (Å²) in [7, 11) is -8.70. The summed E-state index contributed by atoms with van der Waals surface area (Å²) in [6.45, 7) is 15.1. The van der Waals surface area contributed by atoms with Crippen molar-refractivity contribution in [2.45, 2.75) is 75.4 Å². The van der Waals surface area contributed by atoms with E-state index in [0.29, 0.717) is 97.1 Å². The van der Waals surface area contributed by atoms with Crippen LogP contribution in [0.5, 0.6) is 57.5 Å².